The van der Waals surface area contributed by atoms with Crippen molar-refractivity contribution in [3.63, 3.8) is 0 Å². The van der Waals surface area contributed by atoms with Gasteiger partial charge in [-0.05, 0) is 18.6 Å². The molecule has 0 bridgehead atoms. The molecule has 0 saturated carbocycles. The first-order valence-electron chi connectivity index (χ1n) is 8.69. The summed E-state index contributed by atoms with van der Waals surface area (Å²) in [6.07, 6.45) is 0. The molecule has 31 heavy (non-hydrogen) atoms. The summed E-state index contributed by atoms with van der Waals surface area (Å²) in [7, 11) is -4.57. The number of rotatable bonds is 4. The van der Waals surface area contributed by atoms with E-state index in [1.54, 1.807) is 24.3 Å². The molecule has 1 fully saturated rings. The van der Waals surface area contributed by atoms with Gasteiger partial charge < -0.3 is 0 Å². The van der Waals surface area contributed by atoms with Gasteiger partial charge in [0.1, 0.15) is 21.1 Å². The number of carbonyl (C=O) groups excluding carboxylic acids is 3. The maximum atomic E-state index is 12.0. The van der Waals surface area contributed by atoms with Gasteiger partial charge in [0.25, 0.3) is 21.9 Å². The van der Waals surface area contributed by atoms with E-state index >= 15 is 0 Å². The lowest BCUT2D eigenvalue weighted by Gasteiger charge is -2.16. The van der Waals surface area contributed by atoms with E-state index in [0.717, 1.165) is 16.9 Å². The predicted octanol–water partition coefficient (Wildman–Crippen LogP) is 2.34. The number of aromatic nitrogens is 1. The number of barbiturate groups is 1. The number of benzene rings is 2. The lowest BCUT2D eigenvalue weighted by Crippen LogP contribution is -2.57. The number of hydrogen-bond acceptors (Lipinski definition) is 9. The number of thiazole rings is 1. The zero-order chi connectivity index (χ0) is 22.3. The Balaban J connectivity index is 1.88. The molecule has 1 aromatic heterocycles. The molecule has 158 valence electrons. The van der Waals surface area contributed by atoms with Crippen LogP contribution in [0.2, 0.25) is 0 Å². The van der Waals surface area contributed by atoms with Crippen molar-refractivity contribution in [1.82, 2.24) is 15.6 Å². The highest BCUT2D eigenvalue weighted by atomic mass is 32.2. The number of imide groups is 2. The number of carbonyl (C=O) groups is 3. The van der Waals surface area contributed by atoms with E-state index in [1.807, 2.05) is 16.7 Å². The Hall–Kier alpha value is -3.55. The standard InChI is InChI=1S/C18H13N5O6S2/c1-8-7-10(22-23-12-15(24)20-18(26)21-16(12)25)11-13(14(8)31(27,28)29)30-17(19-11)9-5-3-2-4-6-9/h2-7,12H,1H3,(H,27,28,29)(H2,20,21,24,25,26). The molecule has 2 heterocycles. The van der Waals surface area contributed by atoms with Crippen LogP contribution in [-0.4, -0.2) is 41.8 Å². The van der Waals surface area contributed by atoms with Crippen molar-refractivity contribution < 1.29 is 27.4 Å². The monoisotopic (exact) mass is 459 g/mol. The van der Waals surface area contributed by atoms with Gasteiger partial charge in [-0.3, -0.25) is 24.8 Å². The summed E-state index contributed by atoms with van der Waals surface area (Å²) in [5.74, 6) is -1.88. The largest absolute Gasteiger partial charge is 0.328 e. The Morgan fingerprint density at radius 3 is 2.35 bits per heavy atom. The maximum absolute atomic E-state index is 12.0. The number of nitrogens with zero attached hydrogens (tertiary/aromatic N) is 3. The molecule has 0 atom stereocenters. The lowest BCUT2D eigenvalue weighted by molar-refractivity contribution is -0.131. The second-order valence-electron chi connectivity index (χ2n) is 6.51. The van der Waals surface area contributed by atoms with Crippen LogP contribution in [0.25, 0.3) is 20.8 Å². The van der Waals surface area contributed by atoms with E-state index in [4.69, 9.17) is 0 Å². The van der Waals surface area contributed by atoms with E-state index in [2.05, 4.69) is 15.2 Å². The highest BCUT2D eigenvalue weighted by Gasteiger charge is 2.34. The van der Waals surface area contributed by atoms with Crippen LogP contribution in [0.4, 0.5) is 10.5 Å². The van der Waals surface area contributed by atoms with Gasteiger partial charge >= 0.3 is 6.03 Å². The lowest BCUT2D eigenvalue weighted by atomic mass is 10.2. The Morgan fingerprint density at radius 1 is 1.10 bits per heavy atom. The summed E-state index contributed by atoms with van der Waals surface area (Å²) in [5.41, 5.74) is 1.12. The minimum absolute atomic E-state index is 0.0934. The van der Waals surface area contributed by atoms with E-state index in [-0.39, 0.29) is 26.4 Å². The first-order chi connectivity index (χ1) is 14.6. The van der Waals surface area contributed by atoms with E-state index in [9.17, 15) is 27.4 Å². The quantitative estimate of drug-likeness (QED) is 0.306. The van der Waals surface area contributed by atoms with Gasteiger partial charge in [0.2, 0.25) is 6.04 Å². The van der Waals surface area contributed by atoms with Crippen molar-refractivity contribution in [3.8, 4) is 10.6 Å². The summed E-state index contributed by atoms with van der Waals surface area (Å²) >= 11 is 1.04. The van der Waals surface area contributed by atoms with Gasteiger partial charge in [0, 0.05) is 5.56 Å². The number of fused-ring (bicyclic) bond motifs is 1. The fraction of sp³-hybridized carbons (Fsp3) is 0.111. The zero-order valence-electron chi connectivity index (χ0n) is 15.7. The smallest absolute Gasteiger partial charge is 0.282 e. The fourth-order valence-corrected chi connectivity index (χ4v) is 5.32. The predicted molar refractivity (Wildman–Crippen MR) is 110 cm³/mol. The number of aryl methyl sites for hydroxylation is 1. The highest BCUT2D eigenvalue weighted by Crippen LogP contribution is 2.40. The van der Waals surface area contributed by atoms with Crippen molar-refractivity contribution >= 4 is 55.2 Å². The van der Waals surface area contributed by atoms with Crippen molar-refractivity contribution in [1.29, 1.82) is 0 Å². The fourth-order valence-electron chi connectivity index (χ4n) is 3.00. The van der Waals surface area contributed by atoms with Crippen LogP contribution in [0.5, 0.6) is 0 Å². The van der Waals surface area contributed by atoms with Gasteiger partial charge in [-0.2, -0.15) is 18.6 Å². The van der Waals surface area contributed by atoms with Gasteiger partial charge in [0.05, 0.1) is 4.70 Å². The summed E-state index contributed by atoms with van der Waals surface area (Å²) < 4.78 is 33.9. The molecule has 11 nitrogen and oxygen atoms in total. The first kappa shape index (κ1) is 20.7. The van der Waals surface area contributed by atoms with Crippen molar-refractivity contribution in [3.05, 3.63) is 42.0 Å². The topological polar surface area (TPSA) is 167 Å². The highest BCUT2D eigenvalue weighted by molar-refractivity contribution is 7.86. The summed E-state index contributed by atoms with van der Waals surface area (Å²) in [4.78, 5) is 39.0. The van der Waals surface area contributed by atoms with E-state index in [1.165, 1.54) is 13.0 Å². The van der Waals surface area contributed by atoms with Crippen LogP contribution >= 0.6 is 11.3 Å². The number of amides is 4. The minimum atomic E-state index is -4.57. The number of nitrogens with one attached hydrogen (secondary N) is 2. The molecule has 0 spiro atoms. The minimum Gasteiger partial charge on any atom is -0.282 e. The molecule has 1 aliphatic rings. The Labute approximate surface area is 179 Å². The number of urea groups is 1. The Morgan fingerprint density at radius 2 is 1.74 bits per heavy atom. The summed E-state index contributed by atoms with van der Waals surface area (Å²) in [5, 5.41) is 11.9. The number of hydrogen-bond donors (Lipinski definition) is 3. The summed E-state index contributed by atoms with van der Waals surface area (Å²) in [6, 6.07) is 7.74. The molecule has 3 N–H and O–H groups in total. The average molecular weight is 459 g/mol. The van der Waals surface area contributed by atoms with Gasteiger partial charge in [-0.1, -0.05) is 30.3 Å². The molecule has 0 unspecified atom stereocenters. The molecule has 0 aliphatic carbocycles. The van der Waals surface area contributed by atoms with Crippen LogP contribution in [0, 0.1) is 6.92 Å². The van der Waals surface area contributed by atoms with Crippen LogP contribution in [-0.2, 0) is 19.7 Å². The van der Waals surface area contributed by atoms with Gasteiger partial charge in [-0.15, -0.1) is 11.3 Å². The van der Waals surface area contributed by atoms with E-state index in [0.29, 0.717) is 5.01 Å². The van der Waals surface area contributed by atoms with Crippen LogP contribution in [0.15, 0.2) is 51.5 Å². The summed E-state index contributed by atoms with van der Waals surface area (Å²) in [6.45, 7) is 1.46. The number of azo groups is 1. The third-order valence-corrected chi connectivity index (χ3v) is 6.61. The third kappa shape index (κ3) is 3.93. The molecule has 2 aromatic carbocycles. The zero-order valence-corrected chi connectivity index (χ0v) is 17.3. The van der Waals surface area contributed by atoms with Crippen molar-refractivity contribution in [2.24, 2.45) is 10.2 Å². The molecule has 13 heteroatoms. The molecule has 1 aliphatic heterocycles. The van der Waals surface area contributed by atoms with Crippen LogP contribution in [0.3, 0.4) is 0 Å². The molecule has 4 rings (SSSR count). The normalized spacial score (nSPS) is 15.5. The molecular weight excluding hydrogens is 446 g/mol. The molecular formula is C18H13N5O6S2. The molecule has 4 amide bonds. The SMILES string of the molecule is Cc1cc(N=NC2C(=O)NC(=O)NC2=O)c2nc(-c3ccccc3)sc2c1S(=O)(=O)O. The first-order valence-corrected chi connectivity index (χ1v) is 10.9. The van der Waals surface area contributed by atoms with Gasteiger partial charge in [-0.25, -0.2) is 9.78 Å². The molecule has 1 saturated heterocycles. The van der Waals surface area contributed by atoms with Crippen molar-refractivity contribution in [2.45, 2.75) is 17.9 Å². The van der Waals surface area contributed by atoms with Crippen LogP contribution in [0.1, 0.15) is 5.56 Å². The van der Waals surface area contributed by atoms with Gasteiger partial charge in [0.15, 0.2) is 0 Å². The average Bonchev–Trinajstić information content (AvgIpc) is 3.11. The van der Waals surface area contributed by atoms with E-state index < -0.39 is 34.0 Å². The van der Waals surface area contributed by atoms with Crippen molar-refractivity contribution in [2.75, 3.05) is 0 Å². The third-order valence-electron chi connectivity index (χ3n) is 4.32. The second-order valence-corrected chi connectivity index (χ2v) is 8.86. The Bertz CT molecular complexity index is 1360. The molecule has 0 radical (unpaired) electrons. The van der Waals surface area contributed by atoms with Crippen LogP contribution < -0.4 is 10.6 Å². The second kappa shape index (κ2) is 7.61. The Kier molecular flexibility index (Phi) is 5.08. The maximum Gasteiger partial charge on any atom is 0.328 e. The molecule has 3 aromatic rings.